The van der Waals surface area contributed by atoms with E-state index in [9.17, 15) is 14.0 Å². The summed E-state index contributed by atoms with van der Waals surface area (Å²) in [7, 11) is 0. The number of amides is 1. The van der Waals surface area contributed by atoms with Crippen LogP contribution >= 0.6 is 11.6 Å². The maximum absolute atomic E-state index is 13.6. The molecule has 1 heterocycles. The Kier molecular flexibility index (Phi) is 4.31. The standard InChI is InChI=1S/C17H12ClFN3O2/c1-10-6-13(18)14(19)7-12(10)17(24)21-22-9-20-15-5-3-2-4-11(15)16(22)8-23/h2-9,16H,1H2,(H,21,24). The minimum Gasteiger partial charge on any atom is -0.301 e. The SMILES string of the molecule is [CH2]c1cc(Cl)c(F)cc1C(=O)NN1C=Nc2ccccc2C1C=O. The molecule has 0 bridgehead atoms. The van der Waals surface area contributed by atoms with Gasteiger partial charge in [0.25, 0.3) is 5.91 Å². The zero-order valence-corrected chi connectivity index (χ0v) is 13.1. The van der Waals surface area contributed by atoms with Gasteiger partial charge in [0.2, 0.25) is 0 Å². The number of aldehydes is 1. The van der Waals surface area contributed by atoms with Crippen molar-refractivity contribution < 1.29 is 14.0 Å². The van der Waals surface area contributed by atoms with Crippen LogP contribution in [0.4, 0.5) is 10.1 Å². The Labute approximate surface area is 142 Å². The van der Waals surface area contributed by atoms with Gasteiger partial charge in [-0.05, 0) is 30.7 Å². The first-order chi connectivity index (χ1) is 11.5. The van der Waals surface area contributed by atoms with E-state index in [1.165, 1.54) is 17.4 Å². The van der Waals surface area contributed by atoms with Crippen molar-refractivity contribution in [2.24, 2.45) is 4.99 Å². The van der Waals surface area contributed by atoms with Crippen LogP contribution in [0.2, 0.25) is 5.02 Å². The van der Waals surface area contributed by atoms with Crippen LogP contribution in [0.1, 0.15) is 27.5 Å². The number of hydrazine groups is 1. The summed E-state index contributed by atoms with van der Waals surface area (Å²) >= 11 is 5.66. The highest BCUT2D eigenvalue weighted by Gasteiger charge is 2.26. The number of fused-ring (bicyclic) bond motifs is 1. The number of rotatable bonds is 3. The summed E-state index contributed by atoms with van der Waals surface area (Å²) in [6.07, 6.45) is 2.03. The zero-order chi connectivity index (χ0) is 17.3. The van der Waals surface area contributed by atoms with Crippen LogP contribution in [0.5, 0.6) is 0 Å². The van der Waals surface area contributed by atoms with Crippen LogP contribution in [-0.2, 0) is 4.79 Å². The molecule has 1 unspecified atom stereocenters. The van der Waals surface area contributed by atoms with Gasteiger partial charge in [0.1, 0.15) is 24.5 Å². The Morgan fingerprint density at radius 2 is 2.12 bits per heavy atom. The minimum absolute atomic E-state index is 0.0220. The van der Waals surface area contributed by atoms with Crippen molar-refractivity contribution in [1.29, 1.82) is 0 Å². The summed E-state index contributed by atoms with van der Waals surface area (Å²) in [5.41, 5.74) is 4.13. The second-order valence-corrected chi connectivity index (χ2v) is 5.56. The van der Waals surface area contributed by atoms with Gasteiger partial charge in [-0.2, -0.15) is 0 Å². The number of hydrogen-bond acceptors (Lipinski definition) is 4. The van der Waals surface area contributed by atoms with E-state index in [2.05, 4.69) is 17.3 Å². The van der Waals surface area contributed by atoms with Gasteiger partial charge < -0.3 is 4.79 Å². The van der Waals surface area contributed by atoms with E-state index in [0.717, 1.165) is 6.07 Å². The molecule has 1 atom stereocenters. The van der Waals surface area contributed by atoms with Crippen LogP contribution in [0.15, 0.2) is 41.4 Å². The third kappa shape index (κ3) is 2.88. The number of hydrogen-bond donors (Lipinski definition) is 1. The number of nitrogens with zero attached hydrogens (tertiary/aromatic N) is 2. The Morgan fingerprint density at radius 3 is 2.88 bits per heavy atom. The van der Waals surface area contributed by atoms with E-state index in [-0.39, 0.29) is 16.1 Å². The lowest BCUT2D eigenvalue weighted by Gasteiger charge is -2.30. The van der Waals surface area contributed by atoms with Crippen molar-refractivity contribution in [3.8, 4) is 0 Å². The smallest absolute Gasteiger partial charge is 0.270 e. The van der Waals surface area contributed by atoms with Crippen molar-refractivity contribution in [2.45, 2.75) is 6.04 Å². The summed E-state index contributed by atoms with van der Waals surface area (Å²) in [5.74, 6) is -1.34. The number of carbonyl (C=O) groups is 2. The molecular formula is C17H12ClFN3O2. The average molecular weight is 345 g/mol. The molecule has 1 aliphatic heterocycles. The molecule has 1 N–H and O–H groups in total. The number of halogens is 2. The lowest BCUT2D eigenvalue weighted by molar-refractivity contribution is -0.111. The maximum atomic E-state index is 13.6. The van der Waals surface area contributed by atoms with Gasteiger partial charge in [0, 0.05) is 11.1 Å². The van der Waals surface area contributed by atoms with Gasteiger partial charge in [-0.3, -0.25) is 15.2 Å². The average Bonchev–Trinajstić information content (AvgIpc) is 2.57. The number of benzene rings is 2. The zero-order valence-electron chi connectivity index (χ0n) is 12.4. The molecular weight excluding hydrogens is 333 g/mol. The molecule has 5 nitrogen and oxygen atoms in total. The predicted octanol–water partition coefficient (Wildman–Crippen LogP) is 3.22. The molecule has 0 spiro atoms. The molecule has 0 saturated carbocycles. The van der Waals surface area contributed by atoms with E-state index in [1.807, 2.05) is 0 Å². The van der Waals surface area contributed by atoms with Gasteiger partial charge in [-0.1, -0.05) is 29.8 Å². The van der Waals surface area contributed by atoms with Crippen molar-refractivity contribution in [3.63, 3.8) is 0 Å². The first-order valence-corrected chi connectivity index (χ1v) is 7.38. The van der Waals surface area contributed by atoms with Crippen molar-refractivity contribution in [3.05, 3.63) is 70.9 Å². The van der Waals surface area contributed by atoms with E-state index < -0.39 is 17.8 Å². The number of aliphatic imine (C=N–C) groups is 1. The molecule has 3 rings (SSSR count). The van der Waals surface area contributed by atoms with Gasteiger partial charge in [-0.15, -0.1) is 0 Å². The van der Waals surface area contributed by atoms with Gasteiger partial charge in [0.15, 0.2) is 0 Å². The van der Waals surface area contributed by atoms with Crippen molar-refractivity contribution in [2.75, 3.05) is 0 Å². The molecule has 0 fully saturated rings. The highest BCUT2D eigenvalue weighted by molar-refractivity contribution is 6.31. The molecule has 1 radical (unpaired) electrons. The largest absolute Gasteiger partial charge is 0.301 e. The molecule has 1 aliphatic rings. The molecule has 121 valence electrons. The quantitative estimate of drug-likeness (QED) is 0.870. The summed E-state index contributed by atoms with van der Waals surface area (Å²) in [6, 6.07) is 8.64. The molecule has 1 amide bonds. The monoisotopic (exact) mass is 344 g/mol. The van der Waals surface area contributed by atoms with E-state index in [0.29, 0.717) is 17.5 Å². The van der Waals surface area contributed by atoms with Crippen molar-refractivity contribution in [1.82, 2.24) is 10.4 Å². The van der Waals surface area contributed by atoms with E-state index in [4.69, 9.17) is 11.6 Å². The molecule has 0 aliphatic carbocycles. The summed E-state index contributed by atoms with van der Waals surface area (Å²) in [6.45, 7) is 3.68. The molecule has 0 aromatic heterocycles. The third-order valence-corrected chi connectivity index (χ3v) is 3.92. The van der Waals surface area contributed by atoms with Crippen LogP contribution < -0.4 is 5.43 Å². The van der Waals surface area contributed by atoms with Crippen LogP contribution in [0.3, 0.4) is 0 Å². The fraction of sp³-hybridized carbons (Fsp3) is 0.0588. The number of para-hydroxylation sites is 1. The minimum atomic E-state index is -0.729. The Morgan fingerprint density at radius 1 is 1.38 bits per heavy atom. The maximum Gasteiger partial charge on any atom is 0.270 e. The second-order valence-electron chi connectivity index (χ2n) is 5.16. The van der Waals surface area contributed by atoms with Crippen LogP contribution in [0, 0.1) is 12.7 Å². The van der Waals surface area contributed by atoms with E-state index in [1.54, 1.807) is 24.3 Å². The Bertz CT molecular complexity index is 854. The second kappa shape index (κ2) is 6.41. The molecule has 2 aromatic carbocycles. The fourth-order valence-electron chi connectivity index (χ4n) is 2.42. The predicted molar refractivity (Wildman–Crippen MR) is 88.6 cm³/mol. The van der Waals surface area contributed by atoms with Gasteiger partial charge >= 0.3 is 0 Å². The summed E-state index contributed by atoms with van der Waals surface area (Å²) in [4.78, 5) is 28.1. The first kappa shape index (κ1) is 16.1. The Balaban J connectivity index is 1.88. The van der Waals surface area contributed by atoms with Crippen molar-refractivity contribution >= 4 is 35.8 Å². The van der Waals surface area contributed by atoms with Crippen LogP contribution in [-0.4, -0.2) is 23.5 Å². The normalized spacial score (nSPS) is 15.8. The molecule has 7 heteroatoms. The molecule has 24 heavy (non-hydrogen) atoms. The van der Waals surface area contributed by atoms with Crippen LogP contribution in [0.25, 0.3) is 0 Å². The van der Waals surface area contributed by atoms with E-state index >= 15 is 0 Å². The topological polar surface area (TPSA) is 61.8 Å². The van der Waals surface area contributed by atoms with Gasteiger partial charge in [-0.25, -0.2) is 9.38 Å². The number of carbonyl (C=O) groups excluding carboxylic acids is 2. The third-order valence-electron chi connectivity index (χ3n) is 3.63. The summed E-state index contributed by atoms with van der Waals surface area (Å²) in [5, 5.41) is 1.15. The highest BCUT2D eigenvalue weighted by Crippen LogP contribution is 2.30. The lowest BCUT2D eigenvalue weighted by atomic mass is 10.0. The summed E-state index contributed by atoms with van der Waals surface area (Å²) < 4.78 is 13.6. The first-order valence-electron chi connectivity index (χ1n) is 7.00. The fourth-order valence-corrected chi connectivity index (χ4v) is 2.60. The lowest BCUT2D eigenvalue weighted by Crippen LogP contribution is -2.45. The molecule has 2 aromatic rings. The highest BCUT2D eigenvalue weighted by atomic mass is 35.5. The number of nitrogens with one attached hydrogen (secondary N) is 1. The van der Waals surface area contributed by atoms with Gasteiger partial charge in [0.05, 0.1) is 10.7 Å². The Hall–Kier alpha value is -2.73. The molecule has 0 saturated heterocycles.